The van der Waals surface area contributed by atoms with Crippen molar-refractivity contribution in [2.24, 2.45) is 5.92 Å². The first kappa shape index (κ1) is 15.9. The lowest BCUT2D eigenvalue weighted by molar-refractivity contribution is -0.0657. The summed E-state index contributed by atoms with van der Waals surface area (Å²) in [5, 5.41) is 3.59. The monoisotopic (exact) mass is 256 g/mol. The molecule has 1 fully saturated rings. The Labute approximate surface area is 113 Å². The topological polar surface area (TPSA) is 24.5 Å². The van der Waals surface area contributed by atoms with E-state index in [2.05, 4.69) is 44.8 Å². The molecule has 108 valence electrons. The maximum Gasteiger partial charge on any atom is 0.0777 e. The van der Waals surface area contributed by atoms with Crippen molar-refractivity contribution < 1.29 is 4.74 Å². The Morgan fingerprint density at radius 1 is 1.28 bits per heavy atom. The van der Waals surface area contributed by atoms with E-state index < -0.39 is 0 Å². The molecule has 0 saturated carbocycles. The van der Waals surface area contributed by atoms with Gasteiger partial charge in [-0.25, -0.2) is 0 Å². The van der Waals surface area contributed by atoms with Gasteiger partial charge in [0.2, 0.25) is 0 Å². The number of nitrogens with zero attached hydrogens (tertiary/aromatic N) is 1. The lowest BCUT2D eigenvalue weighted by Crippen LogP contribution is -2.55. The highest BCUT2D eigenvalue weighted by molar-refractivity contribution is 4.89. The van der Waals surface area contributed by atoms with Gasteiger partial charge in [-0.05, 0) is 32.2 Å². The number of ether oxygens (including phenoxy) is 1. The second-order valence-electron chi connectivity index (χ2n) is 6.60. The van der Waals surface area contributed by atoms with E-state index in [1.54, 1.807) is 0 Å². The van der Waals surface area contributed by atoms with Gasteiger partial charge < -0.3 is 10.1 Å². The molecule has 1 aliphatic rings. The number of hydrogen-bond donors (Lipinski definition) is 1. The molecule has 0 aliphatic carbocycles. The fourth-order valence-electron chi connectivity index (χ4n) is 2.84. The van der Waals surface area contributed by atoms with E-state index in [0.29, 0.717) is 18.0 Å². The van der Waals surface area contributed by atoms with Crippen LogP contribution in [-0.2, 0) is 4.74 Å². The van der Waals surface area contributed by atoms with Gasteiger partial charge in [-0.15, -0.1) is 0 Å². The van der Waals surface area contributed by atoms with Gasteiger partial charge in [-0.1, -0.05) is 27.7 Å². The molecule has 0 aromatic carbocycles. The molecule has 18 heavy (non-hydrogen) atoms. The van der Waals surface area contributed by atoms with E-state index in [9.17, 15) is 0 Å². The van der Waals surface area contributed by atoms with E-state index in [1.807, 2.05) is 7.11 Å². The highest BCUT2D eigenvalue weighted by Gasteiger charge is 2.34. The number of methoxy groups -OCH3 is 1. The maximum atomic E-state index is 5.70. The minimum atomic E-state index is 0.0449. The smallest absolute Gasteiger partial charge is 0.0777 e. The van der Waals surface area contributed by atoms with Crippen molar-refractivity contribution in [3.8, 4) is 0 Å². The van der Waals surface area contributed by atoms with Crippen molar-refractivity contribution in [1.82, 2.24) is 10.2 Å². The summed E-state index contributed by atoms with van der Waals surface area (Å²) in [7, 11) is 1.85. The van der Waals surface area contributed by atoms with Crippen molar-refractivity contribution >= 4 is 0 Å². The standard InChI is InChI=1S/C15H32N2O/c1-12(2)14(10-16-13(3)4)17-9-7-8-15(5,11-17)18-6/h12-14,16H,7-11H2,1-6H3. The summed E-state index contributed by atoms with van der Waals surface area (Å²) >= 11 is 0. The van der Waals surface area contributed by atoms with Crippen LogP contribution in [0.25, 0.3) is 0 Å². The molecule has 2 unspecified atom stereocenters. The molecule has 0 amide bonds. The van der Waals surface area contributed by atoms with E-state index in [-0.39, 0.29) is 5.60 Å². The van der Waals surface area contributed by atoms with Gasteiger partial charge in [0.05, 0.1) is 5.60 Å². The lowest BCUT2D eigenvalue weighted by Gasteiger charge is -2.44. The number of rotatable bonds is 6. The van der Waals surface area contributed by atoms with Crippen LogP contribution in [0.5, 0.6) is 0 Å². The Bertz CT molecular complexity index is 243. The molecule has 0 aromatic heterocycles. The molecule has 0 radical (unpaired) electrons. The van der Waals surface area contributed by atoms with Crippen LogP contribution in [-0.4, -0.2) is 49.3 Å². The molecule has 0 aromatic rings. The number of hydrogen-bond acceptors (Lipinski definition) is 3. The first-order chi connectivity index (χ1) is 8.38. The Hall–Kier alpha value is -0.120. The summed E-state index contributed by atoms with van der Waals surface area (Å²) in [6.07, 6.45) is 2.43. The van der Waals surface area contributed by atoms with Gasteiger partial charge in [-0.3, -0.25) is 4.90 Å². The third kappa shape index (κ3) is 4.52. The second-order valence-corrected chi connectivity index (χ2v) is 6.60. The van der Waals surface area contributed by atoms with Gasteiger partial charge in [-0.2, -0.15) is 0 Å². The fraction of sp³-hybridized carbons (Fsp3) is 1.00. The third-order valence-corrected chi connectivity index (χ3v) is 4.16. The minimum absolute atomic E-state index is 0.0449. The van der Waals surface area contributed by atoms with E-state index >= 15 is 0 Å². The zero-order chi connectivity index (χ0) is 13.8. The molecule has 1 N–H and O–H groups in total. The van der Waals surface area contributed by atoms with E-state index in [1.165, 1.54) is 19.4 Å². The van der Waals surface area contributed by atoms with Crippen LogP contribution < -0.4 is 5.32 Å². The second kappa shape index (κ2) is 6.88. The van der Waals surface area contributed by atoms with Crippen molar-refractivity contribution in [2.75, 3.05) is 26.7 Å². The van der Waals surface area contributed by atoms with Gasteiger partial charge in [0, 0.05) is 32.3 Å². The highest BCUT2D eigenvalue weighted by atomic mass is 16.5. The zero-order valence-electron chi connectivity index (χ0n) is 13.1. The van der Waals surface area contributed by atoms with Gasteiger partial charge >= 0.3 is 0 Å². The van der Waals surface area contributed by atoms with Gasteiger partial charge in [0.15, 0.2) is 0 Å². The molecule has 0 spiro atoms. The van der Waals surface area contributed by atoms with Crippen LogP contribution in [0.4, 0.5) is 0 Å². The molecule has 1 rings (SSSR count). The molecule has 3 heteroatoms. The molecule has 1 heterocycles. The summed E-state index contributed by atoms with van der Waals surface area (Å²) < 4.78 is 5.70. The minimum Gasteiger partial charge on any atom is -0.377 e. The Morgan fingerprint density at radius 3 is 2.44 bits per heavy atom. The average Bonchev–Trinajstić information content (AvgIpc) is 2.28. The van der Waals surface area contributed by atoms with Gasteiger partial charge in [0.25, 0.3) is 0 Å². The summed E-state index contributed by atoms with van der Waals surface area (Å²) in [6.45, 7) is 14.7. The summed E-state index contributed by atoms with van der Waals surface area (Å²) in [6, 6.07) is 1.17. The van der Waals surface area contributed by atoms with Crippen molar-refractivity contribution in [3.63, 3.8) is 0 Å². The summed E-state index contributed by atoms with van der Waals surface area (Å²) in [4.78, 5) is 2.62. The Balaban J connectivity index is 2.61. The number of piperidine rings is 1. The largest absolute Gasteiger partial charge is 0.377 e. The lowest BCUT2D eigenvalue weighted by atomic mass is 9.91. The third-order valence-electron chi connectivity index (χ3n) is 4.16. The van der Waals surface area contributed by atoms with E-state index in [4.69, 9.17) is 4.74 Å². The first-order valence-corrected chi connectivity index (χ1v) is 7.40. The van der Waals surface area contributed by atoms with Crippen LogP contribution in [0, 0.1) is 5.92 Å². The predicted molar refractivity (Wildman–Crippen MR) is 78.0 cm³/mol. The molecule has 3 nitrogen and oxygen atoms in total. The van der Waals surface area contributed by atoms with Crippen LogP contribution >= 0.6 is 0 Å². The highest BCUT2D eigenvalue weighted by Crippen LogP contribution is 2.26. The Kier molecular flexibility index (Phi) is 6.09. The Morgan fingerprint density at radius 2 is 1.94 bits per heavy atom. The van der Waals surface area contributed by atoms with Crippen molar-refractivity contribution in [2.45, 2.75) is 65.1 Å². The summed E-state index contributed by atoms with van der Waals surface area (Å²) in [5.74, 6) is 0.676. The first-order valence-electron chi connectivity index (χ1n) is 7.40. The maximum absolute atomic E-state index is 5.70. The molecule has 1 saturated heterocycles. The van der Waals surface area contributed by atoms with Crippen molar-refractivity contribution in [1.29, 1.82) is 0 Å². The molecule has 0 bridgehead atoms. The fourth-order valence-corrected chi connectivity index (χ4v) is 2.84. The number of likely N-dealkylation sites (tertiary alicyclic amines) is 1. The van der Waals surface area contributed by atoms with Crippen LogP contribution in [0.1, 0.15) is 47.5 Å². The molecular formula is C15H32N2O. The quantitative estimate of drug-likeness (QED) is 0.790. The molecular weight excluding hydrogens is 224 g/mol. The molecule has 2 atom stereocenters. The van der Waals surface area contributed by atoms with Gasteiger partial charge in [0.1, 0.15) is 0 Å². The van der Waals surface area contributed by atoms with Crippen LogP contribution in [0.3, 0.4) is 0 Å². The van der Waals surface area contributed by atoms with Crippen LogP contribution in [0.15, 0.2) is 0 Å². The van der Waals surface area contributed by atoms with Crippen LogP contribution in [0.2, 0.25) is 0 Å². The average molecular weight is 256 g/mol. The van der Waals surface area contributed by atoms with E-state index in [0.717, 1.165) is 13.1 Å². The zero-order valence-corrected chi connectivity index (χ0v) is 13.1. The van der Waals surface area contributed by atoms with Crippen molar-refractivity contribution in [3.05, 3.63) is 0 Å². The number of nitrogens with one attached hydrogen (secondary N) is 1. The summed E-state index contributed by atoms with van der Waals surface area (Å²) in [5.41, 5.74) is 0.0449. The predicted octanol–water partition coefficient (Wildman–Crippen LogP) is 2.51. The molecule has 1 aliphatic heterocycles. The SMILES string of the molecule is COC1(C)CCCN(C(CNC(C)C)C(C)C)C1. The normalized spacial score (nSPS) is 28.0.